The van der Waals surface area contributed by atoms with Crippen molar-refractivity contribution >= 4 is 23.3 Å². The molecule has 180 valence electrons. The third-order valence-electron chi connectivity index (χ3n) is 7.53. The molecule has 1 heterocycles. The van der Waals surface area contributed by atoms with E-state index in [0.717, 1.165) is 12.8 Å². The monoisotopic (exact) mass is 463 g/mol. The lowest BCUT2D eigenvalue weighted by atomic mass is 9.63. The maximum Gasteiger partial charge on any atom is 0.264 e. The zero-order valence-corrected chi connectivity index (χ0v) is 20.6. The largest absolute Gasteiger partial charge is 0.498 e. The summed E-state index contributed by atoms with van der Waals surface area (Å²) in [6, 6.07) is 4.85. The number of ether oxygens (including phenoxy) is 1. The van der Waals surface area contributed by atoms with Crippen LogP contribution in [0.15, 0.2) is 52.0 Å². The number of nitrogens with zero attached hydrogens (tertiary/aromatic N) is 3. The molecule has 5 aliphatic rings. The first-order valence-electron chi connectivity index (χ1n) is 12.4. The zero-order chi connectivity index (χ0) is 24.6. The van der Waals surface area contributed by atoms with E-state index in [-0.39, 0.29) is 58.6 Å². The van der Waals surface area contributed by atoms with Gasteiger partial charge in [0.2, 0.25) is 0 Å². The van der Waals surface area contributed by atoms with Gasteiger partial charge in [-0.1, -0.05) is 45.9 Å². The molecule has 4 atom stereocenters. The third kappa shape index (κ3) is 3.53. The molecule has 1 aromatic carbocycles. The van der Waals surface area contributed by atoms with Crippen molar-refractivity contribution in [1.29, 1.82) is 0 Å². The molecule has 1 aromatic rings. The van der Waals surface area contributed by atoms with Gasteiger partial charge in [-0.25, -0.2) is 0 Å². The van der Waals surface area contributed by atoms with Crippen LogP contribution in [0.25, 0.3) is 0 Å². The SMILES string of the molecule is CC.CCC(CC)N1C(=O)c2cccc(N=NC3=C(OC)C4C5C=CC(CC5)C4C3=O)c2C1=O. The van der Waals surface area contributed by atoms with Gasteiger partial charge in [0.15, 0.2) is 11.5 Å². The van der Waals surface area contributed by atoms with Crippen molar-refractivity contribution in [1.82, 2.24) is 4.90 Å². The number of ketones is 1. The van der Waals surface area contributed by atoms with Gasteiger partial charge in [0.25, 0.3) is 11.8 Å². The second-order valence-corrected chi connectivity index (χ2v) is 8.97. The number of amides is 2. The molecule has 1 fully saturated rings. The first-order chi connectivity index (χ1) is 16.5. The van der Waals surface area contributed by atoms with Crippen LogP contribution < -0.4 is 0 Å². The number of Topliss-reactive ketones (excluding diaryl/α,β-unsaturated/α-hetero) is 1. The van der Waals surface area contributed by atoms with Crippen molar-refractivity contribution in [3.63, 3.8) is 0 Å². The number of hydrogen-bond donors (Lipinski definition) is 0. The van der Waals surface area contributed by atoms with Crippen LogP contribution in [-0.4, -0.2) is 35.6 Å². The smallest absolute Gasteiger partial charge is 0.264 e. The number of hydrogen-bond acceptors (Lipinski definition) is 6. The zero-order valence-electron chi connectivity index (χ0n) is 20.6. The highest BCUT2D eigenvalue weighted by molar-refractivity contribution is 6.23. The quantitative estimate of drug-likeness (QED) is 0.301. The molecule has 0 N–H and O–H groups in total. The Morgan fingerprint density at radius 3 is 2.21 bits per heavy atom. The Hall–Kier alpha value is -3.09. The van der Waals surface area contributed by atoms with Crippen molar-refractivity contribution < 1.29 is 19.1 Å². The molecule has 4 aliphatic carbocycles. The first kappa shape index (κ1) is 24.0. The Labute approximate surface area is 201 Å². The molecular formula is C27H33N3O4. The fraction of sp³-hybridized carbons (Fsp3) is 0.519. The predicted molar refractivity (Wildman–Crippen MR) is 129 cm³/mol. The number of azo groups is 1. The number of imide groups is 1. The molecule has 1 saturated carbocycles. The van der Waals surface area contributed by atoms with E-state index in [1.54, 1.807) is 25.3 Å². The summed E-state index contributed by atoms with van der Waals surface area (Å²) in [5.74, 6) is 0.285. The van der Waals surface area contributed by atoms with Gasteiger partial charge in [-0.3, -0.25) is 19.3 Å². The highest BCUT2D eigenvalue weighted by atomic mass is 16.5. The van der Waals surface area contributed by atoms with Crippen molar-refractivity contribution in [2.75, 3.05) is 7.11 Å². The molecule has 7 heteroatoms. The van der Waals surface area contributed by atoms with E-state index in [9.17, 15) is 14.4 Å². The molecule has 6 rings (SSSR count). The van der Waals surface area contributed by atoms with E-state index in [2.05, 4.69) is 22.4 Å². The lowest BCUT2D eigenvalue weighted by Gasteiger charge is -2.40. The van der Waals surface area contributed by atoms with Gasteiger partial charge in [-0.2, -0.15) is 0 Å². The normalized spacial score (nSPS) is 27.0. The summed E-state index contributed by atoms with van der Waals surface area (Å²) in [5.41, 5.74) is 1.15. The fourth-order valence-corrected chi connectivity index (χ4v) is 5.94. The molecule has 0 aromatic heterocycles. The van der Waals surface area contributed by atoms with Gasteiger partial charge in [0.05, 0.1) is 23.9 Å². The van der Waals surface area contributed by atoms with Gasteiger partial charge >= 0.3 is 0 Å². The lowest BCUT2D eigenvalue weighted by molar-refractivity contribution is -0.122. The number of fused-ring (bicyclic) bond motifs is 2. The van der Waals surface area contributed by atoms with Gasteiger partial charge in [-0.15, -0.1) is 10.2 Å². The van der Waals surface area contributed by atoms with Crippen LogP contribution in [0.1, 0.15) is 74.1 Å². The molecule has 7 nitrogen and oxygen atoms in total. The van der Waals surface area contributed by atoms with Crippen LogP contribution in [0.2, 0.25) is 0 Å². The number of carbonyl (C=O) groups is 3. The second-order valence-electron chi connectivity index (χ2n) is 8.97. The van der Waals surface area contributed by atoms with Gasteiger partial charge in [0.1, 0.15) is 5.76 Å². The lowest BCUT2D eigenvalue weighted by Crippen LogP contribution is -2.39. The van der Waals surface area contributed by atoms with Crippen molar-refractivity contribution in [2.24, 2.45) is 33.9 Å². The Balaban J connectivity index is 0.00000133. The maximum absolute atomic E-state index is 13.2. The molecule has 2 bridgehead atoms. The Morgan fingerprint density at radius 1 is 0.971 bits per heavy atom. The summed E-state index contributed by atoms with van der Waals surface area (Å²) in [5, 5.41) is 8.63. The van der Waals surface area contributed by atoms with Gasteiger partial charge in [-0.05, 0) is 49.7 Å². The summed E-state index contributed by atoms with van der Waals surface area (Å²) in [6.07, 6.45) is 7.78. The van der Waals surface area contributed by atoms with E-state index in [0.29, 0.717) is 29.9 Å². The Morgan fingerprint density at radius 2 is 1.62 bits per heavy atom. The summed E-state index contributed by atoms with van der Waals surface area (Å²) in [4.78, 5) is 40.7. The number of carbonyl (C=O) groups excluding carboxylic acids is 3. The minimum absolute atomic E-state index is 0.0141. The minimum Gasteiger partial charge on any atom is -0.498 e. The van der Waals surface area contributed by atoms with Crippen LogP contribution in [-0.2, 0) is 9.53 Å². The summed E-state index contributed by atoms with van der Waals surface area (Å²) in [6.45, 7) is 7.93. The number of allylic oxidation sites excluding steroid dienone is 4. The Kier molecular flexibility index (Phi) is 6.82. The van der Waals surface area contributed by atoms with Crippen LogP contribution in [0.3, 0.4) is 0 Å². The minimum atomic E-state index is -0.345. The van der Waals surface area contributed by atoms with E-state index >= 15 is 0 Å². The molecule has 0 radical (unpaired) electrons. The average Bonchev–Trinajstić information content (AvgIpc) is 3.33. The number of rotatable bonds is 6. The highest BCUT2D eigenvalue weighted by Crippen LogP contribution is 2.53. The molecule has 1 aliphatic heterocycles. The van der Waals surface area contributed by atoms with Gasteiger partial charge < -0.3 is 4.74 Å². The van der Waals surface area contributed by atoms with E-state index in [1.165, 1.54) is 4.90 Å². The molecule has 0 saturated heterocycles. The molecule has 2 amide bonds. The first-order valence-corrected chi connectivity index (χ1v) is 12.4. The van der Waals surface area contributed by atoms with Crippen molar-refractivity contribution in [2.45, 2.75) is 59.4 Å². The summed E-state index contributed by atoms with van der Waals surface area (Å²) in [7, 11) is 1.57. The van der Waals surface area contributed by atoms with E-state index in [4.69, 9.17) is 4.74 Å². The molecule has 34 heavy (non-hydrogen) atoms. The predicted octanol–water partition coefficient (Wildman–Crippen LogP) is 5.85. The maximum atomic E-state index is 13.2. The summed E-state index contributed by atoms with van der Waals surface area (Å²) >= 11 is 0. The molecular weight excluding hydrogens is 430 g/mol. The third-order valence-corrected chi connectivity index (χ3v) is 7.53. The highest BCUT2D eigenvalue weighted by Gasteiger charge is 2.53. The van der Waals surface area contributed by atoms with Crippen LogP contribution in [0, 0.1) is 23.7 Å². The molecule has 4 unspecified atom stereocenters. The summed E-state index contributed by atoms with van der Waals surface area (Å²) < 4.78 is 5.66. The van der Waals surface area contributed by atoms with Gasteiger partial charge in [0, 0.05) is 17.9 Å². The Bertz CT molecular complexity index is 1100. The number of methoxy groups -OCH3 is 1. The second kappa shape index (κ2) is 9.65. The van der Waals surface area contributed by atoms with Crippen LogP contribution in [0.5, 0.6) is 0 Å². The number of benzene rings is 1. The fourth-order valence-electron chi connectivity index (χ4n) is 5.94. The van der Waals surface area contributed by atoms with E-state index in [1.807, 2.05) is 27.7 Å². The van der Waals surface area contributed by atoms with Crippen LogP contribution in [0.4, 0.5) is 5.69 Å². The van der Waals surface area contributed by atoms with Crippen LogP contribution >= 0.6 is 0 Å². The topological polar surface area (TPSA) is 88.4 Å². The van der Waals surface area contributed by atoms with Crippen molar-refractivity contribution in [3.8, 4) is 0 Å². The standard InChI is InChI=1S/C25H27N3O4.C2H6/c1-4-15(5-2)28-24(30)16-7-6-8-17(20(16)25(28)31)26-27-21-22(29)18-13-9-11-14(12-10-13)19(18)23(21)32-3;1-2/h6-9,11,13-15,18-19H,4-5,10,12H2,1-3H3;1-2H3. The van der Waals surface area contributed by atoms with Crippen molar-refractivity contribution in [3.05, 3.63) is 52.9 Å². The van der Waals surface area contributed by atoms with E-state index < -0.39 is 0 Å². The molecule has 0 spiro atoms. The average molecular weight is 464 g/mol.